The van der Waals surface area contributed by atoms with Gasteiger partial charge >= 0.3 is 5.97 Å². The molecular weight excluding hydrogens is 328 g/mol. The van der Waals surface area contributed by atoms with Crippen molar-refractivity contribution in [1.82, 2.24) is 0 Å². The summed E-state index contributed by atoms with van der Waals surface area (Å²) in [5.41, 5.74) is -0.0836. The summed E-state index contributed by atoms with van der Waals surface area (Å²) in [6, 6.07) is 11.3. The third-order valence-corrected chi connectivity index (χ3v) is 3.35. The molecule has 3 aromatic rings. The minimum atomic E-state index is -1.09. The first kappa shape index (κ1) is 16.4. The summed E-state index contributed by atoms with van der Waals surface area (Å²) in [7, 11) is 1.54. The van der Waals surface area contributed by atoms with Crippen LogP contribution in [0.2, 0.25) is 0 Å². The van der Waals surface area contributed by atoms with Crippen LogP contribution in [-0.2, 0) is 4.79 Å². The molecule has 0 spiro atoms. The maximum atomic E-state index is 12.5. The molecule has 1 N–H and O–H groups in total. The van der Waals surface area contributed by atoms with E-state index in [4.69, 9.17) is 23.7 Å². The van der Waals surface area contributed by atoms with E-state index in [1.807, 2.05) is 0 Å². The summed E-state index contributed by atoms with van der Waals surface area (Å²) in [5, 5.41) is 8.92. The van der Waals surface area contributed by atoms with Crippen molar-refractivity contribution in [1.29, 1.82) is 0 Å². The molecule has 25 heavy (non-hydrogen) atoms. The van der Waals surface area contributed by atoms with E-state index in [1.54, 1.807) is 24.3 Å². The molecule has 0 fully saturated rings. The van der Waals surface area contributed by atoms with Crippen molar-refractivity contribution in [2.75, 3.05) is 13.7 Å². The number of hydrogen-bond acceptors (Lipinski definition) is 6. The molecule has 2 aromatic carbocycles. The van der Waals surface area contributed by atoms with Gasteiger partial charge in [-0.1, -0.05) is 6.07 Å². The quantitative estimate of drug-likeness (QED) is 0.735. The van der Waals surface area contributed by atoms with Gasteiger partial charge in [-0.25, -0.2) is 4.79 Å². The minimum absolute atomic E-state index is 0.0277. The first-order valence-corrected chi connectivity index (χ1v) is 7.29. The number of ether oxygens (including phenoxy) is 3. The number of carbonyl (C=O) groups is 1. The molecule has 0 aliphatic heterocycles. The first-order valence-electron chi connectivity index (χ1n) is 7.29. The summed E-state index contributed by atoms with van der Waals surface area (Å²) in [4.78, 5) is 23.0. The van der Waals surface area contributed by atoms with Crippen LogP contribution in [0, 0.1) is 0 Å². The van der Waals surface area contributed by atoms with Gasteiger partial charge in [-0.05, 0) is 24.3 Å². The van der Waals surface area contributed by atoms with Crippen molar-refractivity contribution in [3.05, 3.63) is 59.0 Å². The number of hydrogen-bond donors (Lipinski definition) is 1. The molecule has 0 aliphatic carbocycles. The normalized spacial score (nSPS) is 10.4. The molecule has 7 nitrogen and oxygen atoms in total. The highest BCUT2D eigenvalue weighted by Crippen LogP contribution is 2.26. The largest absolute Gasteiger partial charge is 0.497 e. The Morgan fingerprint density at radius 1 is 1.12 bits per heavy atom. The van der Waals surface area contributed by atoms with Gasteiger partial charge < -0.3 is 23.7 Å². The summed E-state index contributed by atoms with van der Waals surface area (Å²) in [6.07, 6.45) is 1.20. The van der Waals surface area contributed by atoms with Crippen molar-refractivity contribution >= 4 is 16.9 Å². The molecule has 1 heterocycles. The Labute approximate surface area is 142 Å². The monoisotopic (exact) mass is 342 g/mol. The third-order valence-electron chi connectivity index (χ3n) is 3.35. The molecule has 0 radical (unpaired) electrons. The van der Waals surface area contributed by atoms with Crippen LogP contribution in [0.15, 0.2) is 57.9 Å². The zero-order valence-corrected chi connectivity index (χ0v) is 13.2. The van der Waals surface area contributed by atoms with Gasteiger partial charge in [0.25, 0.3) is 0 Å². The average Bonchev–Trinajstić information content (AvgIpc) is 2.62. The van der Waals surface area contributed by atoms with E-state index in [0.29, 0.717) is 22.6 Å². The third kappa shape index (κ3) is 3.72. The Morgan fingerprint density at radius 2 is 1.92 bits per heavy atom. The number of methoxy groups -OCH3 is 1. The number of fused-ring (bicyclic) bond motifs is 1. The van der Waals surface area contributed by atoms with Gasteiger partial charge in [-0.2, -0.15) is 0 Å². The van der Waals surface area contributed by atoms with E-state index in [0.717, 1.165) is 0 Å². The lowest BCUT2D eigenvalue weighted by molar-refractivity contribution is -0.139. The highest BCUT2D eigenvalue weighted by atomic mass is 16.5. The van der Waals surface area contributed by atoms with E-state index in [2.05, 4.69) is 0 Å². The summed E-state index contributed by atoms with van der Waals surface area (Å²) < 4.78 is 21.2. The minimum Gasteiger partial charge on any atom is -0.497 e. The van der Waals surface area contributed by atoms with Crippen LogP contribution >= 0.6 is 0 Å². The first-order chi connectivity index (χ1) is 12.1. The van der Waals surface area contributed by atoms with Crippen molar-refractivity contribution in [2.24, 2.45) is 0 Å². The van der Waals surface area contributed by atoms with E-state index < -0.39 is 12.6 Å². The standard InChI is InChI=1S/C18H14O7/c1-22-11-3-2-4-13(7-11)25-16-9-24-15-8-12(23-10-17(19)20)5-6-14(15)18(16)21/h2-9H,10H2,1H3,(H,19,20). The maximum Gasteiger partial charge on any atom is 0.341 e. The van der Waals surface area contributed by atoms with Crippen LogP contribution in [0.1, 0.15) is 0 Å². The zero-order valence-electron chi connectivity index (χ0n) is 13.2. The van der Waals surface area contributed by atoms with Gasteiger partial charge in [0.2, 0.25) is 11.2 Å². The highest BCUT2D eigenvalue weighted by Gasteiger charge is 2.11. The molecule has 0 aliphatic rings. The SMILES string of the molecule is COc1cccc(Oc2coc3cc(OCC(=O)O)ccc3c2=O)c1. The number of benzene rings is 2. The number of carboxylic acids is 1. The van der Waals surface area contributed by atoms with Crippen molar-refractivity contribution < 1.29 is 28.5 Å². The average molecular weight is 342 g/mol. The lowest BCUT2D eigenvalue weighted by atomic mass is 10.2. The topological polar surface area (TPSA) is 95.2 Å². The Balaban J connectivity index is 1.90. The summed E-state index contributed by atoms with van der Waals surface area (Å²) in [6.45, 7) is -0.479. The van der Waals surface area contributed by atoms with Gasteiger partial charge in [0, 0.05) is 12.1 Å². The van der Waals surface area contributed by atoms with E-state index in [1.165, 1.54) is 31.6 Å². The van der Waals surface area contributed by atoms with Gasteiger partial charge in [-0.15, -0.1) is 0 Å². The summed E-state index contributed by atoms with van der Waals surface area (Å²) >= 11 is 0. The maximum absolute atomic E-state index is 12.5. The Bertz CT molecular complexity index is 975. The molecule has 1 aromatic heterocycles. The molecule has 3 rings (SSSR count). The molecule has 0 unspecified atom stereocenters. The summed E-state index contributed by atoms with van der Waals surface area (Å²) in [5.74, 6) is 0.262. The predicted octanol–water partition coefficient (Wildman–Crippen LogP) is 3.06. The Hall–Kier alpha value is -3.48. The van der Waals surface area contributed by atoms with Crippen LogP contribution < -0.4 is 19.6 Å². The van der Waals surface area contributed by atoms with Crippen molar-refractivity contribution in [3.8, 4) is 23.0 Å². The zero-order chi connectivity index (χ0) is 17.8. The number of rotatable bonds is 6. The van der Waals surface area contributed by atoms with E-state index >= 15 is 0 Å². The lowest BCUT2D eigenvalue weighted by Gasteiger charge is -2.08. The molecule has 0 atom stereocenters. The molecule has 0 amide bonds. The van der Waals surface area contributed by atoms with Gasteiger partial charge in [0.05, 0.1) is 12.5 Å². The lowest BCUT2D eigenvalue weighted by Crippen LogP contribution is -2.09. The van der Waals surface area contributed by atoms with E-state index in [-0.39, 0.29) is 16.8 Å². The van der Waals surface area contributed by atoms with Crippen LogP contribution in [-0.4, -0.2) is 24.8 Å². The number of carboxylic acid groups (broad SMARTS) is 1. The van der Waals surface area contributed by atoms with Crippen LogP contribution in [0.25, 0.3) is 11.0 Å². The van der Waals surface area contributed by atoms with Gasteiger partial charge in [-0.3, -0.25) is 4.79 Å². The van der Waals surface area contributed by atoms with Crippen molar-refractivity contribution in [2.45, 2.75) is 0 Å². The molecule has 0 saturated carbocycles. The van der Waals surface area contributed by atoms with Crippen LogP contribution in [0.5, 0.6) is 23.0 Å². The molecule has 7 heteroatoms. The van der Waals surface area contributed by atoms with E-state index in [9.17, 15) is 9.59 Å². The van der Waals surface area contributed by atoms with Gasteiger partial charge in [0.15, 0.2) is 6.61 Å². The Morgan fingerprint density at radius 3 is 2.68 bits per heavy atom. The highest BCUT2D eigenvalue weighted by molar-refractivity contribution is 5.79. The van der Waals surface area contributed by atoms with Gasteiger partial charge in [0.1, 0.15) is 29.1 Å². The second kappa shape index (κ2) is 6.96. The fraction of sp³-hybridized carbons (Fsp3) is 0.111. The fourth-order valence-corrected chi connectivity index (χ4v) is 2.19. The fourth-order valence-electron chi connectivity index (χ4n) is 2.19. The van der Waals surface area contributed by atoms with Crippen molar-refractivity contribution in [3.63, 3.8) is 0 Å². The molecule has 0 saturated heterocycles. The molecular formula is C18H14O7. The predicted molar refractivity (Wildman–Crippen MR) is 88.7 cm³/mol. The molecule has 128 valence electrons. The van der Waals surface area contributed by atoms with Crippen LogP contribution in [0.4, 0.5) is 0 Å². The smallest absolute Gasteiger partial charge is 0.341 e. The molecule has 0 bridgehead atoms. The Kier molecular flexibility index (Phi) is 4.56. The second-order valence-electron chi connectivity index (χ2n) is 5.05. The second-order valence-corrected chi connectivity index (χ2v) is 5.05. The number of aliphatic carboxylic acids is 1. The van der Waals surface area contributed by atoms with Crippen LogP contribution in [0.3, 0.4) is 0 Å².